The van der Waals surface area contributed by atoms with Crippen molar-refractivity contribution in [3.05, 3.63) is 0 Å². The van der Waals surface area contributed by atoms with Crippen LogP contribution in [0.4, 0.5) is 0 Å². The van der Waals surface area contributed by atoms with Crippen LogP contribution < -0.4 is 0 Å². The molecule has 0 aliphatic carbocycles. The lowest BCUT2D eigenvalue weighted by atomic mass is 10.0. The molecule has 0 heterocycles. The maximum atomic E-state index is 12.6. The lowest BCUT2D eigenvalue weighted by Gasteiger charge is -2.21. The van der Waals surface area contributed by atoms with Crippen LogP contribution >= 0.6 is 0 Å². The van der Waals surface area contributed by atoms with E-state index in [1.165, 1.54) is 96.3 Å². The van der Waals surface area contributed by atoms with Gasteiger partial charge in [-0.1, -0.05) is 136 Å². The molecule has 0 saturated heterocycles. The molecule has 0 saturated carbocycles. The van der Waals surface area contributed by atoms with Crippen molar-refractivity contribution >= 4 is 11.9 Å². The van der Waals surface area contributed by atoms with Gasteiger partial charge in [0.15, 0.2) is 0 Å². The van der Waals surface area contributed by atoms with Crippen molar-refractivity contribution in [2.75, 3.05) is 32.8 Å². The van der Waals surface area contributed by atoms with Gasteiger partial charge in [0.2, 0.25) is 0 Å². The van der Waals surface area contributed by atoms with Crippen molar-refractivity contribution in [1.29, 1.82) is 0 Å². The minimum Gasteiger partial charge on any atom is -0.466 e. The first-order valence-corrected chi connectivity index (χ1v) is 20.3. The number of carbonyl (C=O) groups excluding carboxylic acids is 2. The third-order valence-electron chi connectivity index (χ3n) is 9.20. The number of aliphatic hydroxyl groups excluding tert-OH is 1. The fourth-order valence-electron chi connectivity index (χ4n) is 6.17. The van der Waals surface area contributed by atoms with Gasteiger partial charge in [-0.2, -0.15) is 0 Å². The second-order valence-electron chi connectivity index (χ2n) is 13.8. The number of esters is 2. The number of aliphatic hydroxyl groups is 1. The van der Waals surface area contributed by atoms with Gasteiger partial charge in [0.1, 0.15) is 6.10 Å². The molecule has 46 heavy (non-hydrogen) atoms. The van der Waals surface area contributed by atoms with Crippen molar-refractivity contribution in [1.82, 2.24) is 4.90 Å². The van der Waals surface area contributed by atoms with E-state index in [0.29, 0.717) is 26.0 Å². The predicted molar refractivity (Wildman–Crippen MR) is 195 cm³/mol. The number of unbranched alkanes of at least 4 members (excludes halogenated alkanes) is 20. The van der Waals surface area contributed by atoms with E-state index in [0.717, 1.165) is 90.1 Å². The van der Waals surface area contributed by atoms with Crippen LogP contribution in [-0.2, 0) is 19.1 Å². The molecule has 274 valence electrons. The van der Waals surface area contributed by atoms with Gasteiger partial charge in [0.25, 0.3) is 0 Å². The summed E-state index contributed by atoms with van der Waals surface area (Å²) in [5.74, 6) is -0.0520. The summed E-state index contributed by atoms with van der Waals surface area (Å²) in [5.41, 5.74) is 0. The second kappa shape index (κ2) is 36.7. The van der Waals surface area contributed by atoms with Crippen molar-refractivity contribution < 1.29 is 24.2 Å². The molecule has 0 unspecified atom stereocenters. The Bertz CT molecular complexity index is 627. The van der Waals surface area contributed by atoms with Gasteiger partial charge >= 0.3 is 11.9 Å². The molecule has 0 aromatic heterocycles. The molecule has 0 amide bonds. The average Bonchev–Trinajstić information content (AvgIpc) is 3.05. The lowest BCUT2D eigenvalue weighted by Crippen LogP contribution is -2.29. The van der Waals surface area contributed by atoms with Crippen LogP contribution in [0.15, 0.2) is 0 Å². The zero-order chi connectivity index (χ0) is 33.8. The molecule has 6 heteroatoms. The highest BCUT2D eigenvalue weighted by molar-refractivity contribution is 5.69. The summed E-state index contributed by atoms with van der Waals surface area (Å²) in [6.07, 6.45) is 32.8. The van der Waals surface area contributed by atoms with Crippen molar-refractivity contribution in [2.24, 2.45) is 0 Å². The fourth-order valence-corrected chi connectivity index (χ4v) is 6.17. The summed E-state index contributed by atoms with van der Waals surface area (Å²) >= 11 is 0. The Morgan fingerprint density at radius 3 is 1.43 bits per heavy atom. The van der Waals surface area contributed by atoms with Crippen LogP contribution in [0.5, 0.6) is 0 Å². The molecule has 0 aromatic rings. The summed E-state index contributed by atoms with van der Waals surface area (Å²) in [6.45, 7) is 10.2. The lowest BCUT2D eigenvalue weighted by molar-refractivity contribution is -0.150. The topological polar surface area (TPSA) is 76.1 Å². The van der Waals surface area contributed by atoms with Gasteiger partial charge in [-0.15, -0.1) is 0 Å². The van der Waals surface area contributed by atoms with Crippen molar-refractivity contribution in [2.45, 2.75) is 213 Å². The largest absolute Gasteiger partial charge is 0.466 e. The first kappa shape index (κ1) is 44.9. The fraction of sp³-hybridized carbons (Fsp3) is 0.950. The molecule has 0 fully saturated rings. The Morgan fingerprint density at radius 2 is 0.913 bits per heavy atom. The van der Waals surface area contributed by atoms with E-state index < -0.39 is 0 Å². The Morgan fingerprint density at radius 1 is 0.500 bits per heavy atom. The van der Waals surface area contributed by atoms with Gasteiger partial charge in [0.05, 0.1) is 13.2 Å². The first-order valence-electron chi connectivity index (χ1n) is 20.3. The maximum Gasteiger partial charge on any atom is 0.306 e. The summed E-state index contributed by atoms with van der Waals surface area (Å²) in [5, 5.41) is 9.49. The second-order valence-corrected chi connectivity index (χ2v) is 13.8. The van der Waals surface area contributed by atoms with Crippen molar-refractivity contribution in [3.63, 3.8) is 0 Å². The molecule has 0 aromatic carbocycles. The normalized spacial score (nSPS) is 11.5. The number of hydrogen-bond donors (Lipinski definition) is 1. The third-order valence-corrected chi connectivity index (χ3v) is 9.20. The maximum absolute atomic E-state index is 12.6. The Labute approximate surface area is 286 Å². The van der Waals surface area contributed by atoms with Crippen molar-refractivity contribution in [3.8, 4) is 0 Å². The smallest absolute Gasteiger partial charge is 0.306 e. The number of ether oxygens (including phenoxy) is 2. The Hall–Kier alpha value is -1.14. The summed E-state index contributed by atoms with van der Waals surface area (Å²) < 4.78 is 11.4. The average molecular weight is 654 g/mol. The minimum absolute atomic E-state index is 0.00626. The molecule has 0 bridgehead atoms. The number of carbonyl (C=O) groups is 2. The molecule has 0 radical (unpaired) electrons. The molecule has 0 atom stereocenters. The van der Waals surface area contributed by atoms with Crippen LogP contribution in [0.2, 0.25) is 0 Å². The Kier molecular flexibility index (Phi) is 35.8. The van der Waals surface area contributed by atoms with Gasteiger partial charge < -0.3 is 19.5 Å². The van der Waals surface area contributed by atoms with Crippen LogP contribution in [0.1, 0.15) is 207 Å². The van der Waals surface area contributed by atoms with Crippen LogP contribution in [0, 0.1) is 0 Å². The summed E-state index contributed by atoms with van der Waals surface area (Å²) in [6, 6.07) is 0. The predicted octanol–water partition coefficient (Wildman–Crippen LogP) is 11.1. The summed E-state index contributed by atoms with van der Waals surface area (Å²) in [7, 11) is 0. The molecule has 1 N–H and O–H groups in total. The van der Waals surface area contributed by atoms with E-state index in [2.05, 4.69) is 25.7 Å². The molecular weight excluding hydrogens is 574 g/mol. The zero-order valence-electron chi connectivity index (χ0n) is 31.1. The molecule has 6 nitrogen and oxygen atoms in total. The van der Waals surface area contributed by atoms with Gasteiger partial charge in [-0.25, -0.2) is 0 Å². The van der Waals surface area contributed by atoms with Gasteiger partial charge in [0, 0.05) is 19.4 Å². The standard InChI is InChI=1S/C40H79NO5/c1-4-7-10-13-16-22-29-38(30-23-17-14-11-8-5-2)46-40(44)32-24-18-15-19-26-33-41(35-36-42)34-27-21-25-31-39(43)45-37-28-20-12-9-6-3/h38,42H,4-37H2,1-3H3. The molecule has 0 aliphatic heterocycles. The summed E-state index contributed by atoms with van der Waals surface area (Å²) in [4.78, 5) is 26.9. The highest BCUT2D eigenvalue weighted by atomic mass is 16.5. The Balaban J connectivity index is 4.02. The van der Waals surface area contributed by atoms with E-state index in [-0.39, 0.29) is 24.6 Å². The van der Waals surface area contributed by atoms with E-state index in [1.807, 2.05) is 0 Å². The number of rotatable bonds is 37. The zero-order valence-corrected chi connectivity index (χ0v) is 31.1. The quantitative estimate of drug-likeness (QED) is 0.0531. The SMILES string of the molecule is CCCCCCCCC(CCCCCCCC)OC(=O)CCCCCCCN(CCO)CCCCCC(=O)OCCCCCCC. The highest BCUT2D eigenvalue weighted by Gasteiger charge is 2.14. The van der Waals surface area contributed by atoms with E-state index >= 15 is 0 Å². The van der Waals surface area contributed by atoms with Gasteiger partial charge in [-0.3, -0.25) is 9.59 Å². The first-order chi connectivity index (χ1) is 22.6. The van der Waals surface area contributed by atoms with Crippen LogP contribution in [0.3, 0.4) is 0 Å². The van der Waals surface area contributed by atoms with E-state index in [4.69, 9.17) is 9.47 Å². The minimum atomic E-state index is -0.0582. The molecule has 0 rings (SSSR count). The van der Waals surface area contributed by atoms with E-state index in [1.54, 1.807) is 0 Å². The third kappa shape index (κ3) is 32.8. The molecular formula is C40H79NO5. The number of nitrogens with zero attached hydrogens (tertiary/aromatic N) is 1. The van der Waals surface area contributed by atoms with Crippen LogP contribution in [0.25, 0.3) is 0 Å². The number of hydrogen-bond acceptors (Lipinski definition) is 6. The van der Waals surface area contributed by atoms with E-state index in [9.17, 15) is 14.7 Å². The highest BCUT2D eigenvalue weighted by Crippen LogP contribution is 2.18. The van der Waals surface area contributed by atoms with Gasteiger partial charge in [-0.05, 0) is 70.9 Å². The molecule has 0 spiro atoms. The van der Waals surface area contributed by atoms with Crippen LogP contribution in [-0.4, -0.2) is 60.9 Å². The molecule has 0 aliphatic rings. The monoisotopic (exact) mass is 654 g/mol.